The lowest BCUT2D eigenvalue weighted by atomic mass is 9.93. The molecule has 0 radical (unpaired) electrons. The number of hydrogen-bond donors (Lipinski definition) is 1. The van der Waals surface area contributed by atoms with Gasteiger partial charge < -0.3 is 9.42 Å². The van der Waals surface area contributed by atoms with Gasteiger partial charge in [-0.15, -0.1) is 0 Å². The summed E-state index contributed by atoms with van der Waals surface area (Å²) in [6.45, 7) is 2.10. The van der Waals surface area contributed by atoms with Crippen molar-refractivity contribution >= 4 is 71.8 Å². The summed E-state index contributed by atoms with van der Waals surface area (Å²) in [4.78, 5) is 12.3. The highest BCUT2D eigenvalue weighted by Gasteiger charge is 2.44. The largest absolute Gasteiger partial charge is 0.423 e. The lowest BCUT2D eigenvalue weighted by Gasteiger charge is -2.30. The number of anilines is 4. The SMILES string of the molecule is Cc1cccc(-c2cc(-c3cccc(P(O)N(c4ccccc4)c4ccccc4I)c3)cc(-c3cccc(P4(=O)Oc5ccccc5N4c4ccccc4)c3)c2)c1. The molecule has 0 fully saturated rings. The Morgan fingerprint density at radius 2 is 1.16 bits per heavy atom. The molecule has 0 saturated carbocycles. The molecule has 1 aliphatic rings. The van der Waals surface area contributed by atoms with E-state index in [1.54, 1.807) is 0 Å². The summed E-state index contributed by atoms with van der Waals surface area (Å²) in [7, 11) is -5.41. The van der Waals surface area contributed by atoms with Gasteiger partial charge in [0.1, 0.15) is 0 Å². The average Bonchev–Trinajstić information content (AvgIpc) is 3.58. The first-order valence-corrected chi connectivity index (χ1v) is 22.5. The van der Waals surface area contributed by atoms with E-state index in [2.05, 4.69) is 102 Å². The van der Waals surface area contributed by atoms with Gasteiger partial charge in [0.25, 0.3) is 0 Å². The van der Waals surface area contributed by atoms with Crippen LogP contribution in [0.1, 0.15) is 5.56 Å². The fraction of sp³-hybridized carbons (Fsp3) is 0.0204. The topological polar surface area (TPSA) is 53.0 Å². The predicted octanol–water partition coefficient (Wildman–Crippen LogP) is 13.4. The summed E-state index contributed by atoms with van der Waals surface area (Å²) in [5.74, 6) is 0.593. The molecule has 9 rings (SSSR count). The van der Waals surface area contributed by atoms with Gasteiger partial charge in [-0.1, -0.05) is 121 Å². The minimum absolute atomic E-state index is 0.593. The lowest BCUT2D eigenvalue weighted by Crippen LogP contribution is -2.20. The van der Waals surface area contributed by atoms with E-state index in [1.165, 1.54) is 5.56 Å². The molecule has 0 aliphatic carbocycles. The Kier molecular flexibility index (Phi) is 10.3. The molecule has 2 atom stereocenters. The Morgan fingerprint density at radius 1 is 0.579 bits per heavy atom. The van der Waals surface area contributed by atoms with E-state index in [1.807, 2.05) is 137 Å². The molecular formula is C49H37IN2O3P2. The number of rotatable bonds is 9. The molecule has 1 heterocycles. The molecule has 0 spiro atoms. The summed E-state index contributed by atoms with van der Waals surface area (Å²) < 4.78 is 26.6. The van der Waals surface area contributed by atoms with Gasteiger partial charge in [0.05, 0.1) is 22.4 Å². The first kappa shape index (κ1) is 37.1. The van der Waals surface area contributed by atoms with Gasteiger partial charge in [-0.2, -0.15) is 0 Å². The lowest BCUT2D eigenvalue weighted by molar-refractivity contribution is 0.505. The van der Waals surface area contributed by atoms with E-state index in [4.69, 9.17) is 4.52 Å². The first-order chi connectivity index (χ1) is 27.9. The quantitative estimate of drug-likeness (QED) is 0.116. The van der Waals surface area contributed by atoms with Crippen LogP contribution < -0.4 is 24.5 Å². The van der Waals surface area contributed by atoms with Crippen molar-refractivity contribution in [2.75, 3.05) is 9.34 Å². The number of aryl methyl sites for hydroxylation is 1. The highest BCUT2D eigenvalue weighted by Crippen LogP contribution is 2.64. The fourth-order valence-corrected chi connectivity index (χ4v) is 11.9. The van der Waals surface area contributed by atoms with E-state index >= 15 is 4.57 Å². The van der Waals surface area contributed by atoms with E-state index in [9.17, 15) is 4.89 Å². The molecule has 1 N–H and O–H groups in total. The highest BCUT2D eigenvalue weighted by molar-refractivity contribution is 14.1. The molecule has 1 aliphatic heterocycles. The normalized spacial score (nSPS) is 15.1. The van der Waals surface area contributed by atoms with Crippen molar-refractivity contribution in [3.63, 3.8) is 0 Å². The number of benzene rings is 8. The van der Waals surface area contributed by atoms with Crippen molar-refractivity contribution in [2.45, 2.75) is 6.92 Å². The van der Waals surface area contributed by atoms with E-state index in [0.717, 1.165) is 65.0 Å². The Balaban J connectivity index is 1.15. The maximum atomic E-state index is 15.3. The molecule has 8 aromatic carbocycles. The van der Waals surface area contributed by atoms with Crippen LogP contribution >= 0.6 is 38.4 Å². The monoisotopic (exact) mass is 890 g/mol. The summed E-state index contributed by atoms with van der Waals surface area (Å²) in [5.41, 5.74) is 10.6. The number of nitrogens with zero attached hydrogens (tertiary/aromatic N) is 2. The molecule has 8 aromatic rings. The number of hydrogen-bond acceptors (Lipinski definition) is 4. The second-order valence-corrected chi connectivity index (χ2v) is 18.7. The van der Waals surface area contributed by atoms with Crippen molar-refractivity contribution in [2.24, 2.45) is 0 Å². The second-order valence-electron chi connectivity index (χ2n) is 13.9. The second kappa shape index (κ2) is 15.8. The summed E-state index contributed by atoms with van der Waals surface area (Å²) in [6, 6.07) is 66.9. The fourth-order valence-electron chi connectivity index (χ4n) is 7.34. The standard InChI is InChI=1S/C49H37IN2O3P2/c1-35-15-12-16-36(29-35)39-30-40(37-17-13-23-44(33-37)56(53)51(42-19-4-2-5-20-42)47-26-9-8-25-46(47)50)32-41(31-39)38-18-14-24-45(34-38)57(54)52(43-21-6-3-7-22-43)48-27-10-11-28-49(48)55-57/h2-34,53H,1H3. The van der Waals surface area contributed by atoms with Crippen LogP contribution in [0.15, 0.2) is 200 Å². The number of fused-ring (bicyclic) bond motifs is 1. The van der Waals surface area contributed by atoms with Crippen molar-refractivity contribution < 1.29 is 14.0 Å². The average molecular weight is 891 g/mol. The highest BCUT2D eigenvalue weighted by atomic mass is 127. The number of halogens is 1. The van der Waals surface area contributed by atoms with Crippen LogP contribution in [0.4, 0.5) is 22.7 Å². The van der Waals surface area contributed by atoms with Crippen LogP contribution in [0.5, 0.6) is 5.75 Å². The van der Waals surface area contributed by atoms with Crippen LogP contribution in [0.25, 0.3) is 33.4 Å². The minimum Gasteiger partial charge on any atom is -0.423 e. The summed E-state index contributed by atoms with van der Waals surface area (Å²) in [5, 5.41) is 1.43. The van der Waals surface area contributed by atoms with Crippen molar-refractivity contribution in [3.05, 3.63) is 209 Å². The van der Waals surface area contributed by atoms with Gasteiger partial charge in [0, 0.05) is 14.6 Å². The van der Waals surface area contributed by atoms with Crippen molar-refractivity contribution in [1.82, 2.24) is 0 Å². The van der Waals surface area contributed by atoms with Crippen LogP contribution in [0.3, 0.4) is 0 Å². The molecule has 57 heavy (non-hydrogen) atoms. The Hall–Kier alpha value is -5.49. The molecular weight excluding hydrogens is 853 g/mol. The zero-order valence-corrected chi connectivity index (χ0v) is 34.9. The summed E-state index contributed by atoms with van der Waals surface area (Å²) >= 11 is 2.34. The molecule has 5 nitrogen and oxygen atoms in total. The van der Waals surface area contributed by atoms with Gasteiger partial charge in [0.15, 0.2) is 14.0 Å². The van der Waals surface area contributed by atoms with E-state index < -0.39 is 15.8 Å². The van der Waals surface area contributed by atoms with Crippen LogP contribution in [0.2, 0.25) is 0 Å². The smallest absolute Gasteiger partial charge is 0.378 e. The van der Waals surface area contributed by atoms with E-state index in [-0.39, 0.29) is 0 Å². The third-order valence-corrected chi connectivity index (χ3v) is 14.9. The van der Waals surface area contributed by atoms with Crippen LogP contribution in [0, 0.1) is 10.5 Å². The number of para-hydroxylation sites is 5. The molecule has 0 aromatic heterocycles. The third-order valence-electron chi connectivity index (χ3n) is 10.1. The van der Waals surface area contributed by atoms with Gasteiger partial charge in [-0.3, -0.25) is 9.34 Å². The summed E-state index contributed by atoms with van der Waals surface area (Å²) in [6.07, 6.45) is 0. The van der Waals surface area contributed by atoms with Crippen LogP contribution in [-0.2, 0) is 4.57 Å². The van der Waals surface area contributed by atoms with Crippen molar-refractivity contribution in [1.29, 1.82) is 0 Å². The molecule has 2 unspecified atom stereocenters. The zero-order valence-electron chi connectivity index (χ0n) is 31.0. The van der Waals surface area contributed by atoms with E-state index in [0.29, 0.717) is 11.1 Å². The molecule has 8 heteroatoms. The van der Waals surface area contributed by atoms with Gasteiger partial charge in [-0.25, -0.2) is 4.57 Å². The van der Waals surface area contributed by atoms with Gasteiger partial charge >= 0.3 is 7.52 Å². The molecule has 0 bridgehead atoms. The molecule has 278 valence electrons. The molecule has 0 saturated heterocycles. The first-order valence-electron chi connectivity index (χ1n) is 18.6. The van der Waals surface area contributed by atoms with Gasteiger partial charge in [0.2, 0.25) is 0 Å². The third kappa shape index (κ3) is 7.31. The Labute approximate surface area is 348 Å². The Bertz CT molecular complexity index is 2780. The van der Waals surface area contributed by atoms with Crippen LogP contribution in [-0.4, -0.2) is 4.89 Å². The zero-order chi connectivity index (χ0) is 38.9. The van der Waals surface area contributed by atoms with Crippen molar-refractivity contribution in [3.8, 4) is 39.1 Å². The molecule has 0 amide bonds. The predicted molar refractivity (Wildman–Crippen MR) is 247 cm³/mol. The minimum atomic E-state index is -3.61. The van der Waals surface area contributed by atoms with Gasteiger partial charge in [-0.05, 0) is 148 Å². The maximum Gasteiger partial charge on any atom is 0.378 e. The maximum absolute atomic E-state index is 15.3. The Morgan fingerprint density at radius 3 is 1.86 bits per heavy atom.